The summed E-state index contributed by atoms with van der Waals surface area (Å²) in [5.41, 5.74) is 0.396. The smallest absolute Gasteiger partial charge is 0.277 e. The summed E-state index contributed by atoms with van der Waals surface area (Å²) in [5, 5.41) is 9.00. The van der Waals surface area contributed by atoms with E-state index < -0.39 is 11.1 Å². The van der Waals surface area contributed by atoms with E-state index in [0.29, 0.717) is 52.8 Å². The first-order chi connectivity index (χ1) is 16.2. The zero-order valence-corrected chi connectivity index (χ0v) is 17.2. The van der Waals surface area contributed by atoms with E-state index in [1.165, 1.54) is 4.57 Å². The fourth-order valence-electron chi connectivity index (χ4n) is 3.96. The fourth-order valence-corrected chi connectivity index (χ4v) is 3.96. The lowest BCUT2D eigenvalue weighted by atomic mass is 10.2. The normalized spacial score (nSPS) is 15.1. The molecule has 164 valence electrons. The van der Waals surface area contributed by atoms with Crippen LogP contribution >= 0.6 is 0 Å². The Hall–Kier alpha value is -4.60. The average Bonchev–Trinajstić information content (AvgIpc) is 3.25. The summed E-state index contributed by atoms with van der Waals surface area (Å²) in [6.07, 6.45) is 1.35. The van der Waals surface area contributed by atoms with Gasteiger partial charge in [-0.15, -0.1) is 0 Å². The second-order valence-corrected chi connectivity index (χ2v) is 7.61. The predicted octanol–water partition coefficient (Wildman–Crippen LogP) is 2.20. The number of pyridine rings is 1. The topological polar surface area (TPSA) is 127 Å². The first-order valence-corrected chi connectivity index (χ1v) is 10.4. The minimum absolute atomic E-state index is 0.0297. The number of H-pyrrole nitrogens is 2. The molecule has 10 nitrogen and oxygen atoms in total. The highest BCUT2D eigenvalue weighted by Crippen LogP contribution is 2.31. The van der Waals surface area contributed by atoms with Crippen molar-refractivity contribution in [3.8, 4) is 17.2 Å². The van der Waals surface area contributed by atoms with E-state index in [2.05, 4.69) is 25.5 Å². The van der Waals surface area contributed by atoms with Gasteiger partial charge in [-0.25, -0.2) is 4.98 Å². The molecule has 1 aliphatic rings. The molecule has 1 unspecified atom stereocenters. The number of anilines is 1. The van der Waals surface area contributed by atoms with Crippen LogP contribution in [0.3, 0.4) is 0 Å². The first kappa shape index (κ1) is 19.1. The molecule has 0 bridgehead atoms. The van der Waals surface area contributed by atoms with Crippen molar-refractivity contribution in [3.63, 3.8) is 0 Å². The van der Waals surface area contributed by atoms with E-state index in [4.69, 9.17) is 9.47 Å². The highest BCUT2D eigenvalue weighted by molar-refractivity contribution is 6.01. The summed E-state index contributed by atoms with van der Waals surface area (Å²) in [4.78, 5) is 34.5. The molecular formula is C23H18N6O4. The second-order valence-electron chi connectivity index (χ2n) is 7.61. The van der Waals surface area contributed by atoms with Crippen LogP contribution in [0.25, 0.3) is 27.6 Å². The van der Waals surface area contributed by atoms with E-state index in [0.717, 1.165) is 0 Å². The Morgan fingerprint density at radius 1 is 1.03 bits per heavy atom. The molecular weight excluding hydrogens is 424 g/mol. The average molecular weight is 442 g/mol. The van der Waals surface area contributed by atoms with Crippen molar-refractivity contribution < 1.29 is 9.47 Å². The zero-order chi connectivity index (χ0) is 22.4. The molecule has 0 radical (unpaired) electrons. The third kappa shape index (κ3) is 3.19. The van der Waals surface area contributed by atoms with Gasteiger partial charge in [-0.2, -0.15) is 4.98 Å². The Kier molecular flexibility index (Phi) is 4.35. The van der Waals surface area contributed by atoms with Gasteiger partial charge in [0.2, 0.25) is 5.95 Å². The Morgan fingerprint density at radius 2 is 1.82 bits per heavy atom. The molecule has 5 aromatic rings. The number of ether oxygens (including phenoxy) is 2. The number of fused-ring (bicyclic) bond motifs is 4. The fraction of sp³-hybridized carbons (Fsp3) is 0.130. The van der Waals surface area contributed by atoms with Crippen molar-refractivity contribution >= 4 is 27.9 Å². The van der Waals surface area contributed by atoms with Crippen molar-refractivity contribution in [1.29, 1.82) is 0 Å². The number of benzene rings is 2. The quantitative estimate of drug-likeness (QED) is 0.389. The number of aromatic amines is 2. The summed E-state index contributed by atoms with van der Waals surface area (Å²) < 4.78 is 13.1. The summed E-state index contributed by atoms with van der Waals surface area (Å²) in [5.74, 6) is 1.73. The van der Waals surface area contributed by atoms with Crippen LogP contribution in [0.5, 0.6) is 11.5 Å². The lowest BCUT2D eigenvalue weighted by Crippen LogP contribution is -2.35. The Bertz CT molecular complexity index is 1600. The third-order valence-electron chi connectivity index (χ3n) is 5.51. The number of aromatic nitrogens is 5. The zero-order valence-electron chi connectivity index (χ0n) is 17.2. The molecule has 2 aromatic carbocycles. The molecule has 1 aliphatic heterocycles. The van der Waals surface area contributed by atoms with E-state index in [1.54, 1.807) is 18.3 Å². The standard InChI is InChI=1S/C23H18N6O4/c30-21-18-19(27-28-21)15-11-25-23(24-10-14-12-32-16-8-4-5-9-17(16)33-14)26-20(15)29(22(18)31)13-6-2-1-3-7-13/h1-9,11,14H,10,12H2,(H,24,25,26)(H2,27,28,30). The van der Waals surface area contributed by atoms with Crippen molar-refractivity contribution in [2.24, 2.45) is 0 Å². The minimum atomic E-state index is -0.487. The van der Waals surface area contributed by atoms with Gasteiger partial charge in [0.05, 0.1) is 23.1 Å². The molecule has 0 saturated carbocycles. The molecule has 0 aliphatic carbocycles. The number of para-hydroxylation sites is 3. The highest BCUT2D eigenvalue weighted by Gasteiger charge is 2.22. The summed E-state index contributed by atoms with van der Waals surface area (Å²) >= 11 is 0. The van der Waals surface area contributed by atoms with Crippen LogP contribution in [0.15, 0.2) is 70.4 Å². The number of hydrogen-bond donors (Lipinski definition) is 3. The van der Waals surface area contributed by atoms with Crippen molar-refractivity contribution in [3.05, 3.63) is 81.5 Å². The molecule has 0 amide bonds. The Morgan fingerprint density at radius 3 is 2.67 bits per heavy atom. The molecule has 0 fully saturated rings. The maximum absolute atomic E-state index is 13.3. The van der Waals surface area contributed by atoms with Gasteiger partial charge < -0.3 is 14.8 Å². The van der Waals surface area contributed by atoms with Crippen LogP contribution in [0.2, 0.25) is 0 Å². The number of nitrogens with one attached hydrogen (secondary N) is 3. The molecule has 3 aromatic heterocycles. The predicted molar refractivity (Wildman–Crippen MR) is 122 cm³/mol. The van der Waals surface area contributed by atoms with Crippen LogP contribution in [-0.2, 0) is 0 Å². The van der Waals surface area contributed by atoms with Gasteiger partial charge >= 0.3 is 0 Å². The van der Waals surface area contributed by atoms with E-state index >= 15 is 0 Å². The molecule has 6 rings (SSSR count). The third-order valence-corrected chi connectivity index (χ3v) is 5.51. The SMILES string of the molecule is O=c1[nH][nH]c2c1c(=O)n(-c1ccccc1)c1nc(NCC3COc4ccccc4O3)ncc21. The molecule has 1 atom stereocenters. The lowest BCUT2D eigenvalue weighted by molar-refractivity contribution is 0.0996. The summed E-state index contributed by atoms with van der Waals surface area (Å²) in [6, 6.07) is 16.6. The number of nitrogens with zero attached hydrogens (tertiary/aromatic N) is 3. The minimum Gasteiger partial charge on any atom is -0.486 e. The van der Waals surface area contributed by atoms with Gasteiger partial charge in [-0.3, -0.25) is 24.4 Å². The maximum atomic E-state index is 13.3. The van der Waals surface area contributed by atoms with Crippen LogP contribution in [0.4, 0.5) is 5.95 Å². The van der Waals surface area contributed by atoms with E-state index in [9.17, 15) is 9.59 Å². The van der Waals surface area contributed by atoms with Crippen LogP contribution in [0, 0.1) is 0 Å². The maximum Gasteiger partial charge on any atom is 0.277 e. The Balaban J connectivity index is 1.40. The summed E-state index contributed by atoms with van der Waals surface area (Å²) in [6.45, 7) is 0.788. The van der Waals surface area contributed by atoms with Gasteiger partial charge in [-0.05, 0) is 24.3 Å². The molecule has 10 heteroatoms. The lowest BCUT2D eigenvalue weighted by Gasteiger charge is -2.26. The monoisotopic (exact) mass is 442 g/mol. The molecule has 4 heterocycles. The summed E-state index contributed by atoms with van der Waals surface area (Å²) in [7, 11) is 0. The first-order valence-electron chi connectivity index (χ1n) is 10.4. The molecule has 3 N–H and O–H groups in total. The Labute approximate surface area is 185 Å². The number of hydrogen-bond acceptors (Lipinski definition) is 7. The van der Waals surface area contributed by atoms with E-state index in [1.807, 2.05) is 42.5 Å². The van der Waals surface area contributed by atoms with Gasteiger partial charge in [-0.1, -0.05) is 30.3 Å². The van der Waals surface area contributed by atoms with Gasteiger partial charge in [0, 0.05) is 6.20 Å². The van der Waals surface area contributed by atoms with Crippen molar-refractivity contribution in [1.82, 2.24) is 24.7 Å². The van der Waals surface area contributed by atoms with Crippen LogP contribution in [0.1, 0.15) is 0 Å². The van der Waals surface area contributed by atoms with E-state index in [-0.39, 0.29) is 11.5 Å². The van der Waals surface area contributed by atoms with Gasteiger partial charge in [0.15, 0.2) is 17.1 Å². The van der Waals surface area contributed by atoms with Gasteiger partial charge in [0.25, 0.3) is 11.1 Å². The molecule has 33 heavy (non-hydrogen) atoms. The second kappa shape index (κ2) is 7.52. The van der Waals surface area contributed by atoms with Gasteiger partial charge in [0.1, 0.15) is 18.1 Å². The van der Waals surface area contributed by atoms with Crippen LogP contribution in [-0.4, -0.2) is 44.0 Å². The molecule has 0 saturated heterocycles. The highest BCUT2D eigenvalue weighted by atomic mass is 16.6. The van der Waals surface area contributed by atoms with Crippen molar-refractivity contribution in [2.75, 3.05) is 18.5 Å². The van der Waals surface area contributed by atoms with Crippen LogP contribution < -0.4 is 25.9 Å². The number of rotatable bonds is 4. The van der Waals surface area contributed by atoms with Crippen molar-refractivity contribution in [2.45, 2.75) is 6.10 Å². The molecule has 0 spiro atoms. The largest absolute Gasteiger partial charge is 0.486 e.